The van der Waals surface area contributed by atoms with Crippen molar-refractivity contribution in [3.05, 3.63) is 48.4 Å². The van der Waals surface area contributed by atoms with Crippen molar-refractivity contribution in [2.75, 3.05) is 13.1 Å². The van der Waals surface area contributed by atoms with E-state index in [1.165, 1.54) is 5.39 Å². The smallest absolute Gasteiger partial charge is 0.303 e. The Bertz CT molecular complexity index is 937. The van der Waals surface area contributed by atoms with Crippen LogP contribution in [0.15, 0.2) is 47.0 Å². The van der Waals surface area contributed by atoms with Crippen molar-refractivity contribution < 1.29 is 14.4 Å². The number of aliphatic carboxylic acids is 1. The van der Waals surface area contributed by atoms with E-state index in [1.807, 2.05) is 18.2 Å². The standard InChI is InChI=1S/C21H23N3O3/c25-19(26)9-3-4-12-24-13-5-8-18(24)21-22-20(23-27-21)17-11-10-15-6-1-2-7-16(15)14-17/h1-2,6-7,10-11,14,18H,3-5,8-9,12-13H2,(H,25,26). The summed E-state index contributed by atoms with van der Waals surface area (Å²) >= 11 is 0. The van der Waals surface area contributed by atoms with Crippen molar-refractivity contribution in [1.29, 1.82) is 0 Å². The van der Waals surface area contributed by atoms with Crippen LogP contribution in [0.1, 0.15) is 44.0 Å². The third kappa shape index (κ3) is 4.01. The van der Waals surface area contributed by atoms with Gasteiger partial charge in [-0.3, -0.25) is 9.69 Å². The van der Waals surface area contributed by atoms with Crippen molar-refractivity contribution in [3.8, 4) is 11.4 Å². The Labute approximate surface area is 157 Å². The lowest BCUT2D eigenvalue weighted by Crippen LogP contribution is -2.24. The van der Waals surface area contributed by atoms with Crippen LogP contribution in [0.5, 0.6) is 0 Å². The minimum atomic E-state index is -0.732. The van der Waals surface area contributed by atoms with Gasteiger partial charge >= 0.3 is 5.97 Å². The van der Waals surface area contributed by atoms with Gasteiger partial charge < -0.3 is 9.63 Å². The summed E-state index contributed by atoms with van der Waals surface area (Å²) in [6.45, 7) is 1.86. The van der Waals surface area contributed by atoms with Gasteiger partial charge in [-0.05, 0) is 55.6 Å². The lowest BCUT2D eigenvalue weighted by atomic mass is 10.1. The van der Waals surface area contributed by atoms with Crippen LogP contribution in [-0.2, 0) is 4.79 Å². The average Bonchev–Trinajstić information content (AvgIpc) is 3.34. The van der Waals surface area contributed by atoms with Crippen molar-refractivity contribution in [1.82, 2.24) is 15.0 Å². The van der Waals surface area contributed by atoms with Crippen molar-refractivity contribution in [2.45, 2.75) is 38.1 Å². The van der Waals surface area contributed by atoms with Gasteiger partial charge in [-0.2, -0.15) is 4.98 Å². The van der Waals surface area contributed by atoms with Crippen molar-refractivity contribution >= 4 is 16.7 Å². The van der Waals surface area contributed by atoms with Crippen LogP contribution >= 0.6 is 0 Å². The fourth-order valence-electron chi connectivity index (χ4n) is 3.78. The van der Waals surface area contributed by atoms with E-state index in [0.29, 0.717) is 18.1 Å². The molecule has 140 valence electrons. The van der Waals surface area contributed by atoms with Crippen LogP contribution in [0.25, 0.3) is 22.2 Å². The number of unbranched alkanes of at least 4 members (excludes halogenated alkanes) is 1. The van der Waals surface area contributed by atoms with E-state index in [1.54, 1.807) is 0 Å². The predicted octanol–water partition coefficient (Wildman–Crippen LogP) is 4.28. The monoisotopic (exact) mass is 365 g/mol. The summed E-state index contributed by atoms with van der Waals surface area (Å²) in [6, 6.07) is 14.5. The number of hydrogen-bond acceptors (Lipinski definition) is 5. The second-order valence-electron chi connectivity index (χ2n) is 7.06. The molecule has 1 saturated heterocycles. The number of fused-ring (bicyclic) bond motifs is 1. The van der Waals surface area contributed by atoms with Gasteiger partial charge in [0.15, 0.2) is 0 Å². The Morgan fingerprint density at radius 3 is 2.89 bits per heavy atom. The van der Waals surface area contributed by atoms with Gasteiger partial charge in [-0.25, -0.2) is 0 Å². The first-order valence-electron chi connectivity index (χ1n) is 9.49. The predicted molar refractivity (Wildman–Crippen MR) is 102 cm³/mol. The minimum absolute atomic E-state index is 0.136. The van der Waals surface area contributed by atoms with Gasteiger partial charge in [0, 0.05) is 12.0 Å². The van der Waals surface area contributed by atoms with Gasteiger partial charge in [0.05, 0.1) is 6.04 Å². The van der Waals surface area contributed by atoms with E-state index in [2.05, 4.69) is 39.3 Å². The van der Waals surface area contributed by atoms with E-state index < -0.39 is 5.97 Å². The molecule has 1 unspecified atom stereocenters. The van der Waals surface area contributed by atoms with Gasteiger partial charge in [-0.1, -0.05) is 41.6 Å². The molecule has 0 amide bonds. The van der Waals surface area contributed by atoms with Crippen LogP contribution in [0.4, 0.5) is 0 Å². The highest BCUT2D eigenvalue weighted by atomic mass is 16.5. The molecule has 3 aromatic rings. The van der Waals surface area contributed by atoms with Crippen LogP contribution in [0.3, 0.4) is 0 Å². The average molecular weight is 365 g/mol. The Balaban J connectivity index is 1.46. The van der Waals surface area contributed by atoms with Crippen LogP contribution < -0.4 is 0 Å². The van der Waals surface area contributed by atoms with Crippen LogP contribution in [-0.4, -0.2) is 39.2 Å². The highest BCUT2D eigenvalue weighted by Gasteiger charge is 2.30. The molecule has 1 aliphatic heterocycles. The molecule has 0 aliphatic carbocycles. The molecule has 4 rings (SSSR count). The molecule has 1 atom stereocenters. The summed E-state index contributed by atoms with van der Waals surface area (Å²) in [4.78, 5) is 17.6. The van der Waals surface area contributed by atoms with E-state index in [-0.39, 0.29) is 12.5 Å². The van der Waals surface area contributed by atoms with Crippen LogP contribution in [0.2, 0.25) is 0 Å². The molecular formula is C21H23N3O3. The molecule has 1 aliphatic rings. The normalized spacial score (nSPS) is 17.6. The molecule has 0 spiro atoms. The zero-order valence-corrected chi connectivity index (χ0v) is 15.2. The van der Waals surface area contributed by atoms with Gasteiger partial charge in [0.1, 0.15) is 0 Å². The highest BCUT2D eigenvalue weighted by Crippen LogP contribution is 2.32. The Morgan fingerprint density at radius 2 is 2.04 bits per heavy atom. The van der Waals surface area contributed by atoms with E-state index in [9.17, 15) is 4.79 Å². The summed E-state index contributed by atoms with van der Waals surface area (Å²) < 4.78 is 5.59. The maximum Gasteiger partial charge on any atom is 0.303 e. The number of carbonyl (C=O) groups is 1. The molecule has 0 radical (unpaired) electrons. The molecule has 2 heterocycles. The van der Waals surface area contributed by atoms with E-state index in [4.69, 9.17) is 9.63 Å². The Hall–Kier alpha value is -2.73. The summed E-state index contributed by atoms with van der Waals surface area (Å²) in [5.74, 6) is 0.548. The van der Waals surface area contributed by atoms with Gasteiger partial charge in [0.2, 0.25) is 11.7 Å². The molecule has 0 bridgehead atoms. The molecule has 1 fully saturated rings. The number of benzene rings is 2. The van der Waals surface area contributed by atoms with Crippen molar-refractivity contribution in [3.63, 3.8) is 0 Å². The maximum absolute atomic E-state index is 10.7. The fourth-order valence-corrected chi connectivity index (χ4v) is 3.78. The van der Waals surface area contributed by atoms with Gasteiger partial charge in [-0.15, -0.1) is 0 Å². The summed E-state index contributed by atoms with van der Waals surface area (Å²) in [5.41, 5.74) is 0.953. The molecule has 6 nitrogen and oxygen atoms in total. The molecule has 27 heavy (non-hydrogen) atoms. The maximum atomic E-state index is 10.7. The molecular weight excluding hydrogens is 342 g/mol. The molecule has 6 heteroatoms. The Kier molecular flexibility index (Phi) is 5.16. The lowest BCUT2D eigenvalue weighted by molar-refractivity contribution is -0.137. The zero-order valence-electron chi connectivity index (χ0n) is 15.2. The van der Waals surface area contributed by atoms with Crippen molar-refractivity contribution in [2.24, 2.45) is 0 Å². The molecule has 0 saturated carbocycles. The van der Waals surface area contributed by atoms with E-state index >= 15 is 0 Å². The van der Waals surface area contributed by atoms with E-state index in [0.717, 1.165) is 43.3 Å². The number of carboxylic acids is 1. The third-order valence-electron chi connectivity index (χ3n) is 5.18. The third-order valence-corrected chi connectivity index (χ3v) is 5.18. The summed E-state index contributed by atoms with van der Waals surface area (Å²) in [7, 11) is 0. The highest BCUT2D eigenvalue weighted by molar-refractivity contribution is 5.86. The topological polar surface area (TPSA) is 79.5 Å². The Morgan fingerprint density at radius 1 is 1.19 bits per heavy atom. The first-order valence-corrected chi connectivity index (χ1v) is 9.49. The summed E-state index contributed by atoms with van der Waals surface area (Å²) in [6.07, 6.45) is 3.89. The second-order valence-corrected chi connectivity index (χ2v) is 7.06. The second kappa shape index (κ2) is 7.88. The number of nitrogens with zero attached hydrogens (tertiary/aromatic N) is 3. The minimum Gasteiger partial charge on any atom is -0.481 e. The number of carboxylic acid groups (broad SMARTS) is 1. The number of rotatable bonds is 7. The summed E-state index contributed by atoms with van der Waals surface area (Å²) in [5, 5.41) is 15.3. The van der Waals surface area contributed by atoms with Crippen LogP contribution in [0, 0.1) is 0 Å². The lowest BCUT2D eigenvalue weighted by Gasteiger charge is -2.21. The number of hydrogen-bond donors (Lipinski definition) is 1. The number of likely N-dealkylation sites (tertiary alicyclic amines) is 1. The molecule has 1 N–H and O–H groups in total. The number of aromatic nitrogens is 2. The molecule has 2 aromatic carbocycles. The zero-order chi connectivity index (χ0) is 18.6. The SMILES string of the molecule is O=C(O)CCCCN1CCCC1c1nc(-c2ccc3ccccc3c2)no1. The fraction of sp³-hybridized carbons (Fsp3) is 0.381. The quantitative estimate of drug-likeness (QED) is 0.630. The first-order chi connectivity index (χ1) is 13.2. The van der Waals surface area contributed by atoms with Gasteiger partial charge in [0.25, 0.3) is 0 Å². The first kappa shape index (κ1) is 17.7. The molecule has 1 aromatic heterocycles. The largest absolute Gasteiger partial charge is 0.481 e.